The van der Waals surface area contributed by atoms with Gasteiger partial charge in [0, 0.05) is 29.4 Å². The molecule has 3 aromatic rings. The average Bonchev–Trinajstić information content (AvgIpc) is 3.28. The topological polar surface area (TPSA) is 79.2 Å². The molecule has 0 aromatic carbocycles. The van der Waals surface area contributed by atoms with E-state index in [2.05, 4.69) is 18.0 Å². The van der Waals surface area contributed by atoms with Gasteiger partial charge in [0.2, 0.25) is 0 Å². The van der Waals surface area contributed by atoms with Gasteiger partial charge in [-0.05, 0) is 37.5 Å². The molecule has 0 aliphatic carbocycles. The van der Waals surface area contributed by atoms with Gasteiger partial charge in [-0.1, -0.05) is 6.92 Å². The van der Waals surface area contributed by atoms with E-state index in [0.717, 1.165) is 34.4 Å². The number of aryl methyl sites for hydroxylation is 1. The number of pyridine rings is 1. The summed E-state index contributed by atoms with van der Waals surface area (Å²) in [4.78, 5) is 29.3. The Kier molecular flexibility index (Phi) is 4.09. The quantitative estimate of drug-likeness (QED) is 0.774. The zero-order valence-electron chi connectivity index (χ0n) is 13.8. The normalized spacial score (nSPS) is 17.3. The molecule has 1 unspecified atom stereocenters. The Balaban J connectivity index is 1.91. The van der Waals surface area contributed by atoms with Crippen molar-refractivity contribution in [3.8, 4) is 11.4 Å². The molecule has 0 bridgehead atoms. The molecule has 0 saturated carbocycles. The second-order valence-electron chi connectivity index (χ2n) is 6.09. The van der Waals surface area contributed by atoms with Crippen LogP contribution in [-0.2, 0) is 11.2 Å². The highest BCUT2D eigenvalue weighted by Crippen LogP contribution is 2.36. The van der Waals surface area contributed by atoms with Gasteiger partial charge in [-0.2, -0.15) is 0 Å². The van der Waals surface area contributed by atoms with Crippen LogP contribution in [-0.4, -0.2) is 38.6 Å². The van der Waals surface area contributed by atoms with E-state index in [1.165, 1.54) is 4.88 Å². The van der Waals surface area contributed by atoms with E-state index < -0.39 is 12.0 Å². The lowest BCUT2D eigenvalue weighted by Crippen LogP contribution is -2.36. The smallest absolute Gasteiger partial charge is 0.326 e. The van der Waals surface area contributed by atoms with E-state index in [1.807, 2.05) is 17.0 Å². The van der Waals surface area contributed by atoms with Gasteiger partial charge in [0.05, 0.1) is 5.39 Å². The predicted molar refractivity (Wildman–Crippen MR) is 98.0 cm³/mol. The van der Waals surface area contributed by atoms with Crippen LogP contribution in [0.25, 0.3) is 21.6 Å². The lowest BCUT2D eigenvalue weighted by atomic mass is 10.2. The van der Waals surface area contributed by atoms with E-state index in [4.69, 9.17) is 9.97 Å². The minimum Gasteiger partial charge on any atom is -0.480 e. The van der Waals surface area contributed by atoms with Gasteiger partial charge < -0.3 is 10.0 Å². The van der Waals surface area contributed by atoms with Crippen molar-refractivity contribution in [1.82, 2.24) is 15.0 Å². The summed E-state index contributed by atoms with van der Waals surface area (Å²) in [5.74, 6) is 0.527. The summed E-state index contributed by atoms with van der Waals surface area (Å²) in [5.41, 5.74) is 0.836. The van der Waals surface area contributed by atoms with E-state index in [1.54, 1.807) is 23.7 Å². The summed E-state index contributed by atoms with van der Waals surface area (Å²) in [6.07, 6.45) is 5.87. The highest BCUT2D eigenvalue weighted by molar-refractivity contribution is 7.18. The van der Waals surface area contributed by atoms with Crippen LogP contribution in [0.1, 0.15) is 24.6 Å². The number of fused-ring (bicyclic) bond motifs is 1. The monoisotopic (exact) mass is 354 g/mol. The van der Waals surface area contributed by atoms with Crippen molar-refractivity contribution >= 4 is 33.3 Å². The molecule has 1 aliphatic heterocycles. The van der Waals surface area contributed by atoms with E-state index in [9.17, 15) is 9.90 Å². The second-order valence-corrected chi connectivity index (χ2v) is 7.20. The van der Waals surface area contributed by atoms with Gasteiger partial charge in [-0.15, -0.1) is 11.3 Å². The number of rotatable bonds is 4. The highest BCUT2D eigenvalue weighted by atomic mass is 32.1. The molecule has 7 heteroatoms. The molecular formula is C18H18N4O2S. The zero-order chi connectivity index (χ0) is 17.4. The Morgan fingerprint density at radius 2 is 2.32 bits per heavy atom. The van der Waals surface area contributed by atoms with Gasteiger partial charge in [0.25, 0.3) is 0 Å². The third-order valence-electron chi connectivity index (χ3n) is 4.50. The molecule has 1 saturated heterocycles. The molecule has 1 fully saturated rings. The Hall–Kier alpha value is -2.54. The van der Waals surface area contributed by atoms with Gasteiger partial charge in [-0.25, -0.2) is 14.8 Å². The number of carboxylic acid groups (broad SMARTS) is 1. The molecule has 1 aliphatic rings. The van der Waals surface area contributed by atoms with Crippen molar-refractivity contribution in [2.75, 3.05) is 11.4 Å². The van der Waals surface area contributed by atoms with Crippen molar-refractivity contribution in [2.45, 2.75) is 32.2 Å². The summed E-state index contributed by atoms with van der Waals surface area (Å²) in [6.45, 7) is 2.81. The first-order valence-corrected chi connectivity index (χ1v) is 9.19. The summed E-state index contributed by atoms with van der Waals surface area (Å²) < 4.78 is 0. The van der Waals surface area contributed by atoms with Crippen LogP contribution < -0.4 is 4.90 Å². The molecule has 25 heavy (non-hydrogen) atoms. The SMILES string of the molecule is CCc1cc2c(N3CCCC3C(=O)O)nc(-c3cccnc3)nc2s1. The van der Waals surface area contributed by atoms with E-state index >= 15 is 0 Å². The van der Waals surface area contributed by atoms with Crippen LogP contribution in [0.4, 0.5) is 5.82 Å². The summed E-state index contributed by atoms with van der Waals surface area (Å²) in [7, 11) is 0. The van der Waals surface area contributed by atoms with Gasteiger partial charge in [0.15, 0.2) is 5.82 Å². The van der Waals surface area contributed by atoms with Crippen molar-refractivity contribution in [3.05, 3.63) is 35.5 Å². The molecule has 4 rings (SSSR count). The van der Waals surface area contributed by atoms with Gasteiger partial charge in [-0.3, -0.25) is 4.98 Å². The Bertz CT molecular complexity index is 925. The first kappa shape index (κ1) is 16.0. The van der Waals surface area contributed by atoms with Gasteiger partial charge in [0.1, 0.15) is 16.7 Å². The molecule has 4 heterocycles. The second kappa shape index (κ2) is 6.40. The maximum absolute atomic E-state index is 11.6. The van der Waals surface area contributed by atoms with Crippen LogP contribution in [0.3, 0.4) is 0 Å². The summed E-state index contributed by atoms with van der Waals surface area (Å²) in [5, 5.41) is 10.5. The molecule has 3 aromatic heterocycles. The van der Waals surface area contributed by atoms with Crippen molar-refractivity contribution in [3.63, 3.8) is 0 Å². The number of hydrogen-bond acceptors (Lipinski definition) is 6. The Labute approximate surface area is 149 Å². The lowest BCUT2D eigenvalue weighted by Gasteiger charge is -2.23. The number of hydrogen-bond donors (Lipinski definition) is 1. The van der Waals surface area contributed by atoms with Crippen LogP contribution >= 0.6 is 11.3 Å². The highest BCUT2D eigenvalue weighted by Gasteiger charge is 2.33. The average molecular weight is 354 g/mol. The number of anilines is 1. The fourth-order valence-electron chi connectivity index (χ4n) is 3.25. The number of carboxylic acids is 1. The molecule has 128 valence electrons. The molecule has 1 N–H and O–H groups in total. The summed E-state index contributed by atoms with van der Waals surface area (Å²) >= 11 is 1.64. The van der Waals surface area contributed by atoms with E-state index in [-0.39, 0.29) is 0 Å². The molecule has 6 nitrogen and oxygen atoms in total. The first-order chi connectivity index (χ1) is 12.2. The van der Waals surface area contributed by atoms with Gasteiger partial charge >= 0.3 is 5.97 Å². The fourth-order valence-corrected chi connectivity index (χ4v) is 4.21. The molecule has 0 radical (unpaired) electrons. The van der Waals surface area contributed by atoms with Crippen molar-refractivity contribution < 1.29 is 9.90 Å². The lowest BCUT2D eigenvalue weighted by molar-refractivity contribution is -0.138. The third kappa shape index (κ3) is 2.84. The Morgan fingerprint density at radius 1 is 1.44 bits per heavy atom. The van der Waals surface area contributed by atoms with Crippen LogP contribution in [0.5, 0.6) is 0 Å². The van der Waals surface area contributed by atoms with Crippen LogP contribution in [0.15, 0.2) is 30.6 Å². The molecule has 1 atom stereocenters. The molecule has 0 amide bonds. The Morgan fingerprint density at radius 3 is 3.04 bits per heavy atom. The van der Waals surface area contributed by atoms with Crippen molar-refractivity contribution in [1.29, 1.82) is 0 Å². The number of aliphatic carboxylic acids is 1. The molecular weight excluding hydrogens is 336 g/mol. The maximum atomic E-state index is 11.6. The largest absolute Gasteiger partial charge is 0.480 e. The molecule has 0 spiro atoms. The standard InChI is InChI=1S/C18H18N4O2S/c1-2-12-9-13-16(22-8-4-6-14(22)18(23)24)20-15(21-17(13)25-12)11-5-3-7-19-10-11/h3,5,7,9-10,14H,2,4,6,8H2,1H3,(H,23,24). The van der Waals surface area contributed by atoms with Crippen LogP contribution in [0, 0.1) is 0 Å². The zero-order valence-corrected chi connectivity index (χ0v) is 14.7. The minimum absolute atomic E-state index is 0.523. The van der Waals surface area contributed by atoms with Crippen molar-refractivity contribution in [2.24, 2.45) is 0 Å². The summed E-state index contributed by atoms with van der Waals surface area (Å²) in [6, 6.07) is 5.35. The number of carbonyl (C=O) groups is 1. The maximum Gasteiger partial charge on any atom is 0.326 e. The third-order valence-corrected chi connectivity index (χ3v) is 5.68. The predicted octanol–water partition coefficient (Wildman–Crippen LogP) is 3.37. The van der Waals surface area contributed by atoms with Crippen LogP contribution in [0.2, 0.25) is 0 Å². The minimum atomic E-state index is -0.793. The fraction of sp³-hybridized carbons (Fsp3) is 0.333. The number of nitrogens with zero attached hydrogens (tertiary/aromatic N) is 4. The number of aromatic nitrogens is 3. The number of thiophene rings is 1. The van der Waals surface area contributed by atoms with E-state index in [0.29, 0.717) is 18.8 Å². The first-order valence-electron chi connectivity index (χ1n) is 8.37.